The van der Waals surface area contributed by atoms with Crippen LogP contribution in [0.5, 0.6) is 23.0 Å². The number of halogens is 2. The predicted molar refractivity (Wildman–Crippen MR) is 181 cm³/mol. The third kappa shape index (κ3) is 7.45. The molecule has 0 amide bonds. The van der Waals surface area contributed by atoms with Gasteiger partial charge in [-0.3, -0.25) is 9.59 Å². The van der Waals surface area contributed by atoms with E-state index >= 15 is 0 Å². The summed E-state index contributed by atoms with van der Waals surface area (Å²) in [6.45, 7) is 0. The van der Waals surface area contributed by atoms with Crippen molar-refractivity contribution >= 4 is 44.6 Å². The zero-order valence-corrected chi connectivity index (χ0v) is 26.8. The van der Waals surface area contributed by atoms with Crippen LogP contribution in [0.15, 0.2) is 155 Å². The highest BCUT2D eigenvalue weighted by molar-refractivity contribution is 7.91. The van der Waals surface area contributed by atoms with E-state index in [1.54, 1.807) is 121 Å². The summed E-state index contributed by atoms with van der Waals surface area (Å²) in [7, 11) is -3.94. The normalized spacial score (nSPS) is 11.1. The molecule has 0 heterocycles. The molecule has 6 rings (SSSR count). The van der Waals surface area contributed by atoms with Crippen LogP contribution in [0.3, 0.4) is 0 Å². The van der Waals surface area contributed by atoms with Gasteiger partial charge in [-0.15, -0.1) is 0 Å². The van der Waals surface area contributed by atoms with Gasteiger partial charge in [0, 0.05) is 32.3 Å². The lowest BCUT2D eigenvalue weighted by molar-refractivity contribution is 0.103. The second kappa shape index (κ2) is 13.6. The Bertz CT molecular complexity index is 2030. The van der Waals surface area contributed by atoms with Crippen LogP contribution in [0.1, 0.15) is 31.8 Å². The van der Waals surface area contributed by atoms with Gasteiger partial charge in [0.15, 0.2) is 11.6 Å². The topological polar surface area (TPSA) is 86.7 Å². The molecule has 0 aliphatic heterocycles. The molecule has 0 saturated heterocycles. The number of carbonyl (C=O) groups excluding carboxylic acids is 2. The fourth-order valence-corrected chi connectivity index (χ4v) is 6.28. The van der Waals surface area contributed by atoms with Gasteiger partial charge in [0.05, 0.1) is 9.79 Å². The molecule has 0 aliphatic carbocycles. The van der Waals surface area contributed by atoms with Gasteiger partial charge in [-0.1, -0.05) is 35.3 Å². The second-order valence-corrected chi connectivity index (χ2v) is 13.2. The molecule has 6 nitrogen and oxygen atoms in total. The molecule has 0 aliphatic rings. The minimum absolute atomic E-state index is 0.0340. The maximum absolute atomic E-state index is 13.6. The summed E-state index contributed by atoms with van der Waals surface area (Å²) in [4.78, 5) is 25.6. The molecule has 9 heteroatoms. The number of ketones is 2. The number of benzene rings is 6. The first-order valence-corrected chi connectivity index (χ1v) is 16.5. The van der Waals surface area contributed by atoms with Gasteiger partial charge in [0.2, 0.25) is 9.84 Å². The first-order valence-electron chi connectivity index (χ1n) is 14.3. The van der Waals surface area contributed by atoms with E-state index in [1.807, 2.05) is 0 Å². The Morgan fingerprint density at radius 3 is 1.09 bits per heavy atom. The molecule has 0 saturated carbocycles. The molecule has 232 valence electrons. The van der Waals surface area contributed by atoms with Crippen molar-refractivity contribution in [2.75, 3.05) is 0 Å². The highest BCUT2D eigenvalue weighted by Crippen LogP contribution is 2.31. The molecule has 6 aromatic rings. The lowest BCUT2D eigenvalue weighted by Crippen LogP contribution is -2.03. The largest absolute Gasteiger partial charge is 0.457 e. The van der Waals surface area contributed by atoms with Crippen molar-refractivity contribution in [3.63, 3.8) is 0 Å². The zero-order chi connectivity index (χ0) is 33.0. The lowest BCUT2D eigenvalue weighted by Gasteiger charge is -2.11. The van der Waals surface area contributed by atoms with Crippen LogP contribution in [0, 0.1) is 0 Å². The van der Waals surface area contributed by atoms with Gasteiger partial charge >= 0.3 is 0 Å². The van der Waals surface area contributed by atoms with E-state index in [-0.39, 0.29) is 21.4 Å². The molecule has 0 spiro atoms. The molecule has 0 fully saturated rings. The molecule has 6 aromatic carbocycles. The van der Waals surface area contributed by atoms with Crippen LogP contribution in [-0.4, -0.2) is 20.0 Å². The minimum atomic E-state index is -3.94. The maximum Gasteiger partial charge on any atom is 0.206 e. The van der Waals surface area contributed by atoms with E-state index in [2.05, 4.69) is 0 Å². The summed E-state index contributed by atoms with van der Waals surface area (Å²) in [6, 6.07) is 38.7. The molecule has 0 radical (unpaired) electrons. The molecule has 0 aromatic heterocycles. The summed E-state index contributed by atoms with van der Waals surface area (Å²) in [6.07, 6.45) is 0. The van der Waals surface area contributed by atoms with E-state index in [0.717, 1.165) is 0 Å². The summed E-state index contributed by atoms with van der Waals surface area (Å²) < 4.78 is 39.0. The van der Waals surface area contributed by atoms with Crippen molar-refractivity contribution in [2.24, 2.45) is 0 Å². The van der Waals surface area contributed by atoms with Gasteiger partial charge in [-0.25, -0.2) is 8.42 Å². The van der Waals surface area contributed by atoms with Crippen LogP contribution in [0.2, 0.25) is 10.0 Å². The summed E-state index contributed by atoms with van der Waals surface area (Å²) in [5, 5.41) is 1.09. The molecule has 0 N–H and O–H groups in total. The Morgan fingerprint density at radius 1 is 0.426 bits per heavy atom. The standard InChI is InChI=1S/C38H24Cl2O6S/c39-29-15-7-25(8-16-29)37(41)27-11-19-31(20-12-27)45-33-3-1-5-35(23-33)47(43,44)36-6-2-4-34(24-36)46-32-21-13-28(14-22-32)38(42)26-9-17-30(40)18-10-26/h1-24H. The SMILES string of the molecule is O=C(c1ccc(Cl)cc1)c1ccc(Oc2cccc(S(=O)(=O)c3cccc(Oc4ccc(C(=O)c5ccc(Cl)cc5)cc4)c3)c2)cc1. The van der Waals surface area contributed by atoms with Gasteiger partial charge < -0.3 is 9.47 Å². The average molecular weight is 680 g/mol. The number of rotatable bonds is 10. The fourth-order valence-electron chi connectivity index (χ4n) is 4.70. The third-order valence-electron chi connectivity index (χ3n) is 7.15. The van der Waals surface area contributed by atoms with Crippen molar-refractivity contribution in [3.05, 3.63) is 178 Å². The number of hydrogen-bond acceptors (Lipinski definition) is 6. The highest BCUT2D eigenvalue weighted by Gasteiger charge is 2.20. The third-order valence-corrected chi connectivity index (χ3v) is 9.40. The van der Waals surface area contributed by atoms with Crippen molar-refractivity contribution in [1.82, 2.24) is 0 Å². The second-order valence-electron chi connectivity index (χ2n) is 10.4. The molecule has 0 atom stereocenters. The van der Waals surface area contributed by atoms with Gasteiger partial charge in [0.1, 0.15) is 23.0 Å². The zero-order valence-electron chi connectivity index (χ0n) is 24.5. The Morgan fingerprint density at radius 2 is 0.745 bits per heavy atom. The van der Waals surface area contributed by atoms with Crippen LogP contribution in [0.4, 0.5) is 0 Å². The first-order chi connectivity index (χ1) is 22.7. The molecular weight excluding hydrogens is 655 g/mol. The van der Waals surface area contributed by atoms with E-state index in [9.17, 15) is 18.0 Å². The van der Waals surface area contributed by atoms with Gasteiger partial charge in [-0.05, 0) is 133 Å². The predicted octanol–water partition coefficient (Wildman–Crippen LogP) is 9.87. The Labute approximate surface area is 281 Å². The van der Waals surface area contributed by atoms with Crippen LogP contribution in [0.25, 0.3) is 0 Å². The van der Waals surface area contributed by atoms with Crippen molar-refractivity contribution in [3.8, 4) is 23.0 Å². The fraction of sp³-hybridized carbons (Fsp3) is 0. The maximum atomic E-state index is 13.6. The molecular formula is C38H24Cl2O6S. The van der Waals surface area contributed by atoms with E-state index in [0.29, 0.717) is 55.3 Å². The van der Waals surface area contributed by atoms with E-state index in [1.165, 1.54) is 24.3 Å². The molecule has 0 unspecified atom stereocenters. The summed E-state index contributed by atoms with van der Waals surface area (Å²) >= 11 is 11.8. The monoisotopic (exact) mass is 678 g/mol. The quantitative estimate of drug-likeness (QED) is 0.134. The number of hydrogen-bond donors (Lipinski definition) is 0. The van der Waals surface area contributed by atoms with Crippen LogP contribution in [-0.2, 0) is 9.84 Å². The minimum Gasteiger partial charge on any atom is -0.457 e. The van der Waals surface area contributed by atoms with Gasteiger partial charge in [-0.2, -0.15) is 0 Å². The Hall–Kier alpha value is -5.21. The van der Waals surface area contributed by atoms with Crippen LogP contribution < -0.4 is 9.47 Å². The van der Waals surface area contributed by atoms with E-state index in [4.69, 9.17) is 32.7 Å². The number of ether oxygens (including phenoxy) is 2. The average Bonchev–Trinajstić information content (AvgIpc) is 3.09. The van der Waals surface area contributed by atoms with Gasteiger partial charge in [0.25, 0.3) is 0 Å². The van der Waals surface area contributed by atoms with Crippen molar-refractivity contribution in [2.45, 2.75) is 9.79 Å². The van der Waals surface area contributed by atoms with E-state index < -0.39 is 9.84 Å². The lowest BCUT2D eigenvalue weighted by atomic mass is 10.0. The Kier molecular flexibility index (Phi) is 9.22. The van der Waals surface area contributed by atoms with Crippen molar-refractivity contribution in [1.29, 1.82) is 0 Å². The molecule has 0 bridgehead atoms. The number of sulfone groups is 1. The summed E-state index contributed by atoms with van der Waals surface area (Å²) in [5.74, 6) is 1.17. The smallest absolute Gasteiger partial charge is 0.206 e. The molecule has 47 heavy (non-hydrogen) atoms. The number of carbonyl (C=O) groups is 2. The Balaban J connectivity index is 1.14. The first kappa shape index (κ1) is 31.8. The highest BCUT2D eigenvalue weighted by atomic mass is 35.5. The van der Waals surface area contributed by atoms with Crippen molar-refractivity contribution < 1.29 is 27.5 Å². The summed E-state index contributed by atoms with van der Waals surface area (Å²) in [5.41, 5.74) is 1.96. The van der Waals surface area contributed by atoms with Crippen LogP contribution >= 0.6 is 23.2 Å².